The van der Waals surface area contributed by atoms with Crippen LogP contribution in [0.4, 0.5) is 0 Å². The Morgan fingerprint density at radius 1 is 1.27 bits per heavy atom. The summed E-state index contributed by atoms with van der Waals surface area (Å²) in [4.78, 5) is 2.45. The highest BCUT2D eigenvalue weighted by Crippen LogP contribution is 2.31. The first-order valence-electron chi connectivity index (χ1n) is 5.91. The summed E-state index contributed by atoms with van der Waals surface area (Å²) >= 11 is 0. The van der Waals surface area contributed by atoms with E-state index < -0.39 is 0 Å². The molecular formula is C12H21NO2. The Morgan fingerprint density at radius 3 is 2.40 bits per heavy atom. The van der Waals surface area contributed by atoms with E-state index in [0.717, 1.165) is 52.1 Å². The monoisotopic (exact) mass is 211 g/mol. The molecule has 0 saturated carbocycles. The van der Waals surface area contributed by atoms with Gasteiger partial charge in [-0.1, -0.05) is 19.1 Å². The van der Waals surface area contributed by atoms with Crippen LogP contribution in [0, 0.1) is 0 Å². The van der Waals surface area contributed by atoms with Gasteiger partial charge in [-0.05, 0) is 6.42 Å². The van der Waals surface area contributed by atoms with Crippen LogP contribution in [0.3, 0.4) is 0 Å². The molecule has 0 aliphatic carbocycles. The van der Waals surface area contributed by atoms with Crippen molar-refractivity contribution in [1.82, 2.24) is 4.90 Å². The number of nitrogens with zero attached hydrogens (tertiary/aromatic N) is 1. The summed E-state index contributed by atoms with van der Waals surface area (Å²) in [6.07, 6.45) is 3.09. The summed E-state index contributed by atoms with van der Waals surface area (Å²) in [6, 6.07) is 0. The maximum atomic E-state index is 5.69. The van der Waals surface area contributed by atoms with Gasteiger partial charge >= 0.3 is 0 Å². The molecule has 2 aliphatic heterocycles. The van der Waals surface area contributed by atoms with E-state index in [1.165, 1.54) is 5.57 Å². The Hall–Kier alpha value is -0.380. The van der Waals surface area contributed by atoms with Crippen molar-refractivity contribution in [2.75, 3.05) is 32.8 Å². The molecule has 2 aliphatic rings. The molecule has 0 aromatic heterocycles. The lowest BCUT2D eigenvalue weighted by molar-refractivity contribution is -0.184. The number of rotatable bonds is 3. The normalized spacial score (nSPS) is 25.9. The van der Waals surface area contributed by atoms with Crippen molar-refractivity contribution in [1.29, 1.82) is 0 Å². The maximum Gasteiger partial charge on any atom is 0.170 e. The van der Waals surface area contributed by atoms with Crippen LogP contribution in [-0.2, 0) is 9.47 Å². The molecule has 0 radical (unpaired) electrons. The largest absolute Gasteiger partial charge is 0.347 e. The number of ether oxygens (including phenoxy) is 2. The van der Waals surface area contributed by atoms with Gasteiger partial charge in [-0.25, -0.2) is 0 Å². The summed E-state index contributed by atoms with van der Waals surface area (Å²) < 4.78 is 11.4. The Balaban J connectivity index is 1.79. The second-order valence-corrected chi connectivity index (χ2v) is 4.49. The minimum atomic E-state index is -0.232. The Kier molecular flexibility index (Phi) is 3.44. The van der Waals surface area contributed by atoms with Gasteiger partial charge in [0, 0.05) is 32.5 Å². The molecule has 3 heteroatoms. The molecule has 86 valence electrons. The Labute approximate surface area is 92.0 Å². The number of hydrogen-bond donors (Lipinski definition) is 0. The molecule has 15 heavy (non-hydrogen) atoms. The Morgan fingerprint density at radius 2 is 1.87 bits per heavy atom. The summed E-state index contributed by atoms with van der Waals surface area (Å²) in [5.74, 6) is -0.232. The van der Waals surface area contributed by atoms with E-state index in [9.17, 15) is 0 Å². The van der Waals surface area contributed by atoms with Gasteiger partial charge in [-0.15, -0.1) is 0 Å². The first-order chi connectivity index (χ1) is 7.24. The summed E-state index contributed by atoms with van der Waals surface area (Å²) in [5, 5.41) is 0. The zero-order valence-electron chi connectivity index (χ0n) is 9.63. The second-order valence-electron chi connectivity index (χ2n) is 4.49. The SMILES string of the molecule is C=C(CC)CN1CCC2(CC1)OCCO2. The molecule has 0 N–H and O–H groups in total. The van der Waals surface area contributed by atoms with Gasteiger partial charge in [-0.3, -0.25) is 4.90 Å². The molecule has 2 rings (SSSR count). The van der Waals surface area contributed by atoms with Crippen LogP contribution in [-0.4, -0.2) is 43.5 Å². The fourth-order valence-corrected chi connectivity index (χ4v) is 2.27. The van der Waals surface area contributed by atoms with Crippen LogP contribution in [0.2, 0.25) is 0 Å². The third kappa shape index (κ3) is 2.60. The fourth-order valence-electron chi connectivity index (χ4n) is 2.27. The maximum absolute atomic E-state index is 5.69. The van der Waals surface area contributed by atoms with Gasteiger partial charge in [0.1, 0.15) is 0 Å². The summed E-state index contributed by atoms with van der Waals surface area (Å²) in [5.41, 5.74) is 1.32. The highest BCUT2D eigenvalue weighted by atomic mass is 16.7. The predicted molar refractivity (Wildman–Crippen MR) is 59.7 cm³/mol. The minimum Gasteiger partial charge on any atom is -0.347 e. The van der Waals surface area contributed by atoms with Crippen LogP contribution in [0.15, 0.2) is 12.2 Å². The van der Waals surface area contributed by atoms with E-state index in [4.69, 9.17) is 9.47 Å². The molecule has 0 unspecified atom stereocenters. The molecule has 2 fully saturated rings. The number of hydrogen-bond acceptors (Lipinski definition) is 3. The zero-order valence-corrected chi connectivity index (χ0v) is 9.63. The molecule has 2 heterocycles. The van der Waals surface area contributed by atoms with Crippen molar-refractivity contribution in [2.45, 2.75) is 32.0 Å². The molecule has 0 bridgehead atoms. The standard InChI is InChI=1S/C12H21NO2/c1-3-11(2)10-13-6-4-12(5-7-13)14-8-9-15-12/h2-10H2,1H3. The van der Waals surface area contributed by atoms with E-state index in [2.05, 4.69) is 18.4 Å². The lowest BCUT2D eigenvalue weighted by Gasteiger charge is -2.37. The summed E-state index contributed by atoms with van der Waals surface area (Å²) in [6.45, 7) is 10.9. The van der Waals surface area contributed by atoms with Gasteiger partial charge in [0.05, 0.1) is 13.2 Å². The predicted octanol–water partition coefficient (Wildman–Crippen LogP) is 1.79. The van der Waals surface area contributed by atoms with Crippen molar-refractivity contribution < 1.29 is 9.47 Å². The van der Waals surface area contributed by atoms with Crippen LogP contribution in [0.5, 0.6) is 0 Å². The second kappa shape index (κ2) is 4.64. The first kappa shape index (κ1) is 11.1. The highest BCUT2D eigenvalue weighted by molar-refractivity contribution is 4.97. The highest BCUT2D eigenvalue weighted by Gasteiger charge is 2.39. The number of piperidine rings is 1. The van der Waals surface area contributed by atoms with Gasteiger partial charge in [0.2, 0.25) is 0 Å². The molecule has 3 nitrogen and oxygen atoms in total. The van der Waals surface area contributed by atoms with Gasteiger partial charge in [0.25, 0.3) is 0 Å². The van der Waals surface area contributed by atoms with Crippen molar-refractivity contribution >= 4 is 0 Å². The lowest BCUT2D eigenvalue weighted by atomic mass is 10.0. The van der Waals surface area contributed by atoms with E-state index in [0.29, 0.717) is 0 Å². The average molecular weight is 211 g/mol. The van der Waals surface area contributed by atoms with Gasteiger partial charge in [-0.2, -0.15) is 0 Å². The van der Waals surface area contributed by atoms with E-state index in [-0.39, 0.29) is 5.79 Å². The van der Waals surface area contributed by atoms with E-state index in [1.54, 1.807) is 0 Å². The first-order valence-corrected chi connectivity index (χ1v) is 5.91. The average Bonchev–Trinajstić information content (AvgIpc) is 2.70. The molecule has 2 saturated heterocycles. The van der Waals surface area contributed by atoms with Gasteiger partial charge < -0.3 is 9.47 Å². The molecule has 1 spiro atoms. The smallest absolute Gasteiger partial charge is 0.170 e. The minimum absolute atomic E-state index is 0.232. The van der Waals surface area contributed by atoms with Crippen LogP contribution < -0.4 is 0 Å². The third-order valence-electron chi connectivity index (χ3n) is 3.38. The van der Waals surface area contributed by atoms with Crippen molar-refractivity contribution in [2.24, 2.45) is 0 Å². The van der Waals surface area contributed by atoms with E-state index in [1.807, 2.05) is 0 Å². The van der Waals surface area contributed by atoms with Crippen molar-refractivity contribution in [3.05, 3.63) is 12.2 Å². The van der Waals surface area contributed by atoms with Crippen molar-refractivity contribution in [3.63, 3.8) is 0 Å². The molecule has 0 aromatic carbocycles. The van der Waals surface area contributed by atoms with Crippen LogP contribution in [0.1, 0.15) is 26.2 Å². The van der Waals surface area contributed by atoms with Crippen LogP contribution >= 0.6 is 0 Å². The fraction of sp³-hybridized carbons (Fsp3) is 0.833. The quantitative estimate of drug-likeness (QED) is 0.664. The topological polar surface area (TPSA) is 21.7 Å². The molecule has 0 aromatic rings. The number of likely N-dealkylation sites (tertiary alicyclic amines) is 1. The van der Waals surface area contributed by atoms with Crippen molar-refractivity contribution in [3.8, 4) is 0 Å². The third-order valence-corrected chi connectivity index (χ3v) is 3.38. The Bertz CT molecular complexity index is 224. The molecular weight excluding hydrogens is 190 g/mol. The van der Waals surface area contributed by atoms with Crippen LogP contribution in [0.25, 0.3) is 0 Å². The zero-order chi connectivity index (χ0) is 10.7. The summed E-state index contributed by atoms with van der Waals surface area (Å²) in [7, 11) is 0. The molecule has 0 amide bonds. The lowest BCUT2D eigenvalue weighted by Crippen LogP contribution is -2.45. The van der Waals surface area contributed by atoms with E-state index >= 15 is 0 Å². The van der Waals surface area contributed by atoms with Gasteiger partial charge in [0.15, 0.2) is 5.79 Å². The molecule has 0 atom stereocenters.